The normalized spacial score (nSPS) is 18.2. The van der Waals surface area contributed by atoms with Gasteiger partial charge >= 0.3 is 10.1 Å². The molecule has 6 heteroatoms. The summed E-state index contributed by atoms with van der Waals surface area (Å²) >= 11 is 0. The first kappa shape index (κ1) is 15.5. The summed E-state index contributed by atoms with van der Waals surface area (Å²) in [6.07, 6.45) is 1.67. The van der Waals surface area contributed by atoms with E-state index in [0.717, 1.165) is 21.6 Å². The Labute approximate surface area is 134 Å². The van der Waals surface area contributed by atoms with Gasteiger partial charge in [-0.1, -0.05) is 60.7 Å². The van der Waals surface area contributed by atoms with Crippen LogP contribution in [0.5, 0.6) is 0 Å². The molecule has 1 atom stereocenters. The molecule has 3 rings (SSSR count). The molecule has 1 unspecified atom stereocenters. The van der Waals surface area contributed by atoms with E-state index >= 15 is 0 Å². The van der Waals surface area contributed by atoms with E-state index in [0.29, 0.717) is 0 Å². The van der Waals surface area contributed by atoms with Crippen molar-refractivity contribution in [1.29, 1.82) is 0 Å². The Morgan fingerprint density at radius 1 is 1.00 bits per heavy atom. The molecule has 0 N–H and O–H groups in total. The van der Waals surface area contributed by atoms with Gasteiger partial charge in [-0.25, -0.2) is 0 Å². The highest BCUT2D eigenvalue weighted by Gasteiger charge is 2.41. The van der Waals surface area contributed by atoms with Crippen molar-refractivity contribution in [3.63, 3.8) is 0 Å². The van der Waals surface area contributed by atoms with Crippen LogP contribution in [-0.4, -0.2) is 19.4 Å². The molecule has 1 amide bonds. The lowest BCUT2D eigenvalue weighted by Crippen LogP contribution is -2.47. The third-order valence-corrected chi connectivity index (χ3v) is 4.33. The number of hydroxylamine groups is 2. The van der Waals surface area contributed by atoms with Gasteiger partial charge in [0.05, 0.1) is 17.9 Å². The molecule has 1 aliphatic rings. The predicted molar refractivity (Wildman–Crippen MR) is 86.1 cm³/mol. The third-order valence-electron chi connectivity index (χ3n) is 3.49. The van der Waals surface area contributed by atoms with Crippen LogP contribution in [0.4, 0.5) is 0 Å². The fraction of sp³-hybridized carbons (Fsp3) is 0.118. The van der Waals surface area contributed by atoms with Gasteiger partial charge in [0.25, 0.3) is 0 Å². The van der Waals surface area contributed by atoms with Crippen molar-refractivity contribution >= 4 is 22.1 Å². The first-order chi connectivity index (χ1) is 11.1. The lowest BCUT2D eigenvalue weighted by atomic mass is 9.97. The van der Waals surface area contributed by atoms with Gasteiger partial charge in [0.2, 0.25) is 5.91 Å². The van der Waals surface area contributed by atoms with E-state index in [1.54, 1.807) is 24.3 Å². The standard InChI is InChI=1S/C17H15NO4S/c19-17-13-16(15-9-5-2-6-10-15)18(17)22-23(20,21)12-11-14-7-3-1-4-8-14/h1-12,16H,13H2/b12-11+. The molecule has 0 spiro atoms. The molecule has 23 heavy (non-hydrogen) atoms. The molecule has 0 bridgehead atoms. The first-order valence-electron chi connectivity index (χ1n) is 7.10. The Balaban J connectivity index is 1.72. The predicted octanol–water partition coefficient (Wildman–Crippen LogP) is 2.89. The summed E-state index contributed by atoms with van der Waals surface area (Å²) in [7, 11) is -3.99. The molecule has 0 aliphatic carbocycles. The molecule has 2 aromatic rings. The first-order valence-corrected chi connectivity index (χ1v) is 8.57. The highest BCUT2D eigenvalue weighted by Crippen LogP contribution is 2.35. The summed E-state index contributed by atoms with van der Waals surface area (Å²) in [5, 5.41) is 1.87. The van der Waals surface area contributed by atoms with Gasteiger partial charge in [0, 0.05) is 0 Å². The Kier molecular flexibility index (Phi) is 4.27. The third kappa shape index (κ3) is 3.67. The maximum atomic E-state index is 12.0. The van der Waals surface area contributed by atoms with Crippen LogP contribution in [0.2, 0.25) is 0 Å². The topological polar surface area (TPSA) is 63.7 Å². The van der Waals surface area contributed by atoms with Crippen LogP contribution in [0, 0.1) is 0 Å². The van der Waals surface area contributed by atoms with E-state index in [1.807, 2.05) is 36.4 Å². The zero-order valence-corrected chi connectivity index (χ0v) is 13.0. The molecule has 0 saturated carbocycles. The molecule has 2 aromatic carbocycles. The number of hydrogen-bond donors (Lipinski definition) is 0. The largest absolute Gasteiger partial charge is 0.310 e. The number of amides is 1. The van der Waals surface area contributed by atoms with E-state index in [-0.39, 0.29) is 18.4 Å². The van der Waals surface area contributed by atoms with Crippen molar-refractivity contribution < 1.29 is 17.5 Å². The summed E-state index contributed by atoms with van der Waals surface area (Å²) in [5.74, 6) is -0.351. The number of rotatable bonds is 5. The van der Waals surface area contributed by atoms with E-state index in [9.17, 15) is 13.2 Å². The van der Waals surface area contributed by atoms with E-state index in [4.69, 9.17) is 4.28 Å². The SMILES string of the molecule is O=C1CC(c2ccccc2)N1OS(=O)(=O)/C=C/c1ccccc1. The van der Waals surface area contributed by atoms with Crippen LogP contribution in [0.1, 0.15) is 23.6 Å². The molecule has 1 saturated heterocycles. The molecule has 118 valence electrons. The van der Waals surface area contributed by atoms with Gasteiger partial charge in [-0.2, -0.15) is 13.5 Å². The highest BCUT2D eigenvalue weighted by atomic mass is 32.2. The number of benzene rings is 2. The van der Waals surface area contributed by atoms with Gasteiger partial charge in [-0.05, 0) is 17.2 Å². The van der Waals surface area contributed by atoms with Crippen molar-refractivity contribution in [2.75, 3.05) is 0 Å². The van der Waals surface area contributed by atoms with Crippen LogP contribution < -0.4 is 0 Å². The van der Waals surface area contributed by atoms with Crippen LogP contribution in [-0.2, 0) is 19.2 Å². The molecule has 0 radical (unpaired) electrons. The maximum absolute atomic E-state index is 12.0. The van der Waals surface area contributed by atoms with Gasteiger partial charge in [-0.15, -0.1) is 4.28 Å². The molecule has 1 heterocycles. The second-order valence-corrected chi connectivity index (χ2v) is 6.54. The smallest absolute Gasteiger partial charge is 0.272 e. The molecule has 1 aliphatic heterocycles. The van der Waals surface area contributed by atoms with E-state index in [1.165, 1.54) is 6.08 Å². The fourth-order valence-corrected chi connectivity index (χ4v) is 3.07. The minimum absolute atomic E-state index is 0.238. The van der Waals surface area contributed by atoms with Crippen LogP contribution in [0.15, 0.2) is 66.1 Å². The number of hydrogen-bond acceptors (Lipinski definition) is 4. The molecule has 1 fully saturated rings. The van der Waals surface area contributed by atoms with Crippen LogP contribution >= 0.6 is 0 Å². The second kappa shape index (κ2) is 6.36. The monoisotopic (exact) mass is 329 g/mol. The average molecular weight is 329 g/mol. The van der Waals surface area contributed by atoms with Crippen molar-refractivity contribution in [3.05, 3.63) is 77.2 Å². The Hall–Kier alpha value is -2.44. The summed E-state index contributed by atoms with van der Waals surface area (Å²) in [6.45, 7) is 0. The molecule has 0 aromatic heterocycles. The number of carbonyl (C=O) groups is 1. The summed E-state index contributed by atoms with van der Waals surface area (Å²) in [6, 6.07) is 17.8. The zero-order chi connectivity index (χ0) is 16.3. The number of carbonyl (C=O) groups excluding carboxylic acids is 1. The van der Waals surface area contributed by atoms with Crippen LogP contribution in [0.25, 0.3) is 6.08 Å². The average Bonchev–Trinajstić information content (AvgIpc) is 2.58. The van der Waals surface area contributed by atoms with E-state index < -0.39 is 10.1 Å². The maximum Gasteiger partial charge on any atom is 0.310 e. The summed E-state index contributed by atoms with van der Waals surface area (Å²) in [4.78, 5) is 11.7. The summed E-state index contributed by atoms with van der Waals surface area (Å²) in [5.41, 5.74) is 1.57. The lowest BCUT2D eigenvalue weighted by Gasteiger charge is -2.37. The highest BCUT2D eigenvalue weighted by molar-refractivity contribution is 7.89. The zero-order valence-electron chi connectivity index (χ0n) is 12.2. The second-order valence-electron chi connectivity index (χ2n) is 5.13. The number of nitrogens with zero attached hydrogens (tertiary/aromatic N) is 1. The molecule has 5 nitrogen and oxygen atoms in total. The van der Waals surface area contributed by atoms with Crippen LogP contribution in [0.3, 0.4) is 0 Å². The fourth-order valence-electron chi connectivity index (χ4n) is 2.28. The Bertz CT molecular complexity index is 816. The van der Waals surface area contributed by atoms with Gasteiger partial charge in [-0.3, -0.25) is 4.79 Å². The minimum atomic E-state index is -3.99. The Morgan fingerprint density at radius 3 is 2.22 bits per heavy atom. The molecular weight excluding hydrogens is 314 g/mol. The van der Waals surface area contributed by atoms with Crippen molar-refractivity contribution in [3.8, 4) is 0 Å². The van der Waals surface area contributed by atoms with E-state index in [2.05, 4.69) is 0 Å². The van der Waals surface area contributed by atoms with Crippen molar-refractivity contribution in [1.82, 2.24) is 5.06 Å². The van der Waals surface area contributed by atoms with Crippen molar-refractivity contribution in [2.24, 2.45) is 0 Å². The van der Waals surface area contributed by atoms with Gasteiger partial charge < -0.3 is 0 Å². The molecular formula is C17H15NO4S. The van der Waals surface area contributed by atoms with Gasteiger partial charge in [0.15, 0.2) is 0 Å². The lowest BCUT2D eigenvalue weighted by molar-refractivity contribution is -0.189. The van der Waals surface area contributed by atoms with Gasteiger partial charge in [0.1, 0.15) is 0 Å². The minimum Gasteiger partial charge on any atom is -0.272 e. The Morgan fingerprint density at radius 2 is 1.61 bits per heavy atom. The number of β-lactam (4-membered cyclic amide) rings is 1. The quantitative estimate of drug-likeness (QED) is 0.791. The van der Waals surface area contributed by atoms with Crippen molar-refractivity contribution in [2.45, 2.75) is 12.5 Å². The summed E-state index contributed by atoms with van der Waals surface area (Å²) < 4.78 is 29.0.